The van der Waals surface area contributed by atoms with Crippen LogP contribution in [0.25, 0.3) is 0 Å². The van der Waals surface area contributed by atoms with Crippen LogP contribution in [0.1, 0.15) is 41.5 Å². The van der Waals surface area contributed by atoms with Gasteiger partial charge in [-0.25, -0.2) is 14.4 Å². The van der Waals surface area contributed by atoms with Crippen LogP contribution in [0.15, 0.2) is 0 Å². The Bertz CT molecular complexity index is 700. The Morgan fingerprint density at radius 2 is 0.872 bits per heavy atom. The van der Waals surface area contributed by atoms with Gasteiger partial charge in [0.25, 0.3) is 0 Å². The molecule has 11 nitrogen and oxygen atoms in total. The SMILES string of the molecule is CC(C)(C)C[N+](C)(C)C.CC(C)(C)C[N+](C)(C)C.O=C(O)C(=O)O.O=C([O-])C(=O)O.S=S=S=S=S.[Ag].[I-].[O]=[Ag]. The molecule has 246 valence electrons. The Kier molecular flexibility index (Phi) is 48.4. The average molecular weight is 959 g/mol. The molecule has 0 aliphatic rings. The molecule has 0 aromatic rings. The number of halogens is 1. The number of carboxylic acids is 4. The van der Waals surface area contributed by atoms with Crippen LogP contribution in [0.3, 0.4) is 0 Å². The molecule has 39 heavy (non-hydrogen) atoms. The summed E-state index contributed by atoms with van der Waals surface area (Å²) >= 11 is 10.6. The maximum absolute atomic E-state index is 9.10. The summed E-state index contributed by atoms with van der Waals surface area (Å²) in [6.45, 7) is 16.1. The third-order valence-electron chi connectivity index (χ3n) is 2.31. The van der Waals surface area contributed by atoms with Gasteiger partial charge < -0.3 is 58.2 Å². The van der Waals surface area contributed by atoms with Crippen LogP contribution in [0.4, 0.5) is 0 Å². The third kappa shape index (κ3) is 101. The first kappa shape index (κ1) is 59.3. The minimum atomic E-state index is -2.07. The predicted octanol–water partition coefficient (Wildman–Crippen LogP) is -2.68. The Hall–Kier alpha value is 0.911. The van der Waals surface area contributed by atoms with Crippen molar-refractivity contribution in [1.82, 2.24) is 0 Å². The number of hydrogen-bond donors (Lipinski definition) is 3. The van der Waals surface area contributed by atoms with Crippen LogP contribution in [-0.2, 0) is 115 Å². The Morgan fingerprint density at radius 3 is 0.872 bits per heavy atom. The molecule has 0 aromatic carbocycles. The zero-order valence-corrected chi connectivity index (χ0v) is 33.3. The Balaban J connectivity index is -0.0000000507. The van der Waals surface area contributed by atoms with Crippen molar-refractivity contribution in [2.24, 2.45) is 10.8 Å². The Labute approximate surface area is 296 Å². The molecule has 0 spiro atoms. The number of aliphatic carboxylic acids is 4. The summed E-state index contributed by atoms with van der Waals surface area (Å²) in [6, 6.07) is 0. The molecule has 0 unspecified atom stereocenters. The van der Waals surface area contributed by atoms with E-state index in [1.807, 2.05) is 0 Å². The van der Waals surface area contributed by atoms with Crippen molar-refractivity contribution in [3.8, 4) is 0 Å². The molecule has 1 radical (unpaired) electrons. The molecule has 0 aromatic heterocycles. The quantitative estimate of drug-likeness (QED) is 0.114. The summed E-state index contributed by atoms with van der Waals surface area (Å²) in [4.78, 5) is 36.2. The molecule has 0 fully saturated rings. The van der Waals surface area contributed by atoms with Crippen molar-refractivity contribution in [1.29, 1.82) is 0 Å². The van der Waals surface area contributed by atoms with Crippen LogP contribution in [0.2, 0.25) is 0 Å². The molecule has 0 aliphatic heterocycles. The molecule has 0 bridgehead atoms. The zero-order chi connectivity index (χ0) is 31.8. The number of hydrogen-bond acceptors (Lipinski definition) is 8. The first-order valence-electron chi connectivity index (χ1n) is 10.0. The second kappa shape index (κ2) is 31.8. The van der Waals surface area contributed by atoms with E-state index < -0.39 is 23.9 Å². The fraction of sp³-hybridized carbons (Fsp3) is 0.800. The van der Waals surface area contributed by atoms with Gasteiger partial charge in [-0.3, -0.25) is 0 Å². The predicted molar refractivity (Wildman–Crippen MR) is 150 cm³/mol. The number of carbonyl (C=O) groups is 4. The van der Waals surface area contributed by atoms with E-state index in [-0.39, 0.29) is 46.4 Å². The first-order valence-corrected chi connectivity index (χ1v) is 15.9. The second-order valence-corrected chi connectivity index (χ2v) is 16.7. The van der Waals surface area contributed by atoms with Crippen LogP contribution < -0.4 is 29.1 Å². The topological polar surface area (TPSA) is 169 Å². The van der Waals surface area contributed by atoms with Gasteiger partial charge in [-0.2, -0.15) is 0 Å². The van der Waals surface area contributed by atoms with E-state index in [0.29, 0.717) is 10.8 Å². The summed E-state index contributed by atoms with van der Waals surface area (Å²) in [7, 11) is 17.3. The van der Waals surface area contributed by atoms with E-state index >= 15 is 0 Å². The molecule has 0 atom stereocenters. The van der Waals surface area contributed by atoms with Crippen LogP contribution in [-0.4, -0.2) is 104 Å². The van der Waals surface area contributed by atoms with Gasteiger partial charge in [-0.15, -0.1) is 0 Å². The van der Waals surface area contributed by atoms with E-state index in [0.717, 1.165) is 8.97 Å². The molecule has 0 amide bonds. The van der Waals surface area contributed by atoms with Gasteiger partial charge in [0.2, 0.25) is 0 Å². The number of rotatable bonds is 2. The number of quaternary nitrogens is 2. The number of nitrogens with zero attached hydrogens (tertiary/aromatic N) is 2. The molecule has 0 saturated carbocycles. The normalized spacial score (nSPS) is 9.59. The summed E-state index contributed by atoms with van der Waals surface area (Å²) in [5.41, 5.74) is 0.913. The molecule has 0 rings (SSSR count). The van der Waals surface area contributed by atoms with E-state index in [1.54, 1.807) is 21.0 Å². The van der Waals surface area contributed by atoms with Crippen molar-refractivity contribution < 1.29 is 119 Å². The summed E-state index contributed by atoms with van der Waals surface area (Å²) in [5.74, 6) is -7.66. The third-order valence-corrected chi connectivity index (χ3v) is 6.75. The van der Waals surface area contributed by atoms with Gasteiger partial charge in [0.1, 0.15) is 0 Å². The fourth-order valence-corrected chi connectivity index (χ4v) is 5.60. The minimum absolute atomic E-state index is 0. The zero-order valence-electron chi connectivity index (χ0n) is 24.1. The van der Waals surface area contributed by atoms with Gasteiger partial charge in [-0.1, -0.05) is 41.5 Å². The summed E-state index contributed by atoms with van der Waals surface area (Å²) in [6.07, 6.45) is 0. The second-order valence-electron chi connectivity index (χ2n) is 11.4. The van der Waals surface area contributed by atoms with Gasteiger partial charge in [0.05, 0.1) is 55.4 Å². The molecule has 0 heterocycles. The monoisotopic (exact) mass is 956 g/mol. The molecular formula is C20H43Ag2IN2O9S5. The van der Waals surface area contributed by atoms with Gasteiger partial charge in [0, 0.05) is 82.2 Å². The van der Waals surface area contributed by atoms with E-state index in [9.17, 15) is 0 Å². The van der Waals surface area contributed by atoms with E-state index in [4.69, 9.17) is 42.9 Å². The van der Waals surface area contributed by atoms with Crippen molar-refractivity contribution in [3.05, 3.63) is 0 Å². The van der Waals surface area contributed by atoms with Crippen molar-refractivity contribution in [3.63, 3.8) is 0 Å². The summed E-state index contributed by atoms with van der Waals surface area (Å²) < 4.78 is 10.2. The standard InChI is InChI=1S/2C8H20N.2C2H2O4.2Ag.HI.O.S5/c2*1-8(2,3)7-9(4,5)6;2*3-1(4)2(5)6;;;;;1-3-5-4-2/h2*7H2,1-6H3;2*(H,3,4)(H,5,6);;;1H;;/q2*+1;;;;;;;/p-2. The number of carbonyl (C=O) groups excluding carboxylic acids is 1. The van der Waals surface area contributed by atoms with Crippen LogP contribution >= 0.6 is 0 Å². The van der Waals surface area contributed by atoms with Crippen molar-refractivity contribution >= 4 is 72.9 Å². The summed E-state index contributed by atoms with van der Waals surface area (Å²) in [5, 5.41) is 31.1. The Morgan fingerprint density at radius 1 is 0.692 bits per heavy atom. The molecular weight excluding hydrogens is 915 g/mol. The average Bonchev–Trinajstić information content (AvgIpc) is 2.59. The molecule has 0 saturated heterocycles. The van der Waals surface area contributed by atoms with Crippen molar-refractivity contribution in [2.75, 3.05) is 55.4 Å². The van der Waals surface area contributed by atoms with E-state index in [1.165, 1.54) is 39.7 Å². The molecule has 19 heteroatoms. The van der Waals surface area contributed by atoms with Crippen molar-refractivity contribution in [2.45, 2.75) is 41.5 Å². The molecule has 3 N–H and O–H groups in total. The number of carboxylic acid groups (broad SMARTS) is 4. The molecule has 0 aliphatic carbocycles. The first-order chi connectivity index (χ1) is 16.1. The van der Waals surface area contributed by atoms with Gasteiger partial charge in [-0.05, 0) is 0 Å². The fourth-order valence-electron chi connectivity index (χ4n) is 2.86. The van der Waals surface area contributed by atoms with Gasteiger partial charge in [0.15, 0.2) is 5.97 Å². The van der Waals surface area contributed by atoms with Crippen LogP contribution in [0.5, 0.6) is 0 Å². The van der Waals surface area contributed by atoms with Gasteiger partial charge >= 0.3 is 42.2 Å². The van der Waals surface area contributed by atoms with E-state index in [2.05, 4.69) is 106 Å². The maximum atomic E-state index is 9.10. The van der Waals surface area contributed by atoms with Crippen LogP contribution in [0, 0.1) is 10.8 Å².